The molecule has 1 aromatic carbocycles. The predicted octanol–water partition coefficient (Wildman–Crippen LogP) is 2.28. The van der Waals surface area contributed by atoms with Gasteiger partial charge in [0.1, 0.15) is 18.5 Å². The minimum Gasteiger partial charge on any atom is -0.491 e. The minimum absolute atomic E-state index is 0.284. The highest BCUT2D eigenvalue weighted by Crippen LogP contribution is 2.22. The number of nitrogens with zero attached hydrogens (tertiary/aromatic N) is 2. The van der Waals surface area contributed by atoms with E-state index in [9.17, 15) is 5.11 Å². The van der Waals surface area contributed by atoms with Crippen LogP contribution in [-0.4, -0.2) is 42.4 Å². The number of hydrogen-bond donors (Lipinski definition) is 1. The molecule has 4 heteroatoms. The lowest BCUT2D eigenvalue weighted by atomic mass is 9.88. The second-order valence-electron chi connectivity index (χ2n) is 6.10. The number of nitriles is 1. The minimum atomic E-state index is -0.485. The molecule has 0 amide bonds. The van der Waals surface area contributed by atoms with Gasteiger partial charge in [0.25, 0.3) is 0 Å². The molecule has 1 saturated heterocycles. The summed E-state index contributed by atoms with van der Waals surface area (Å²) in [6.07, 6.45) is 0.714. The average Bonchev–Trinajstić information content (AvgIpc) is 2.49. The smallest absolute Gasteiger partial charge is 0.119 e. The third kappa shape index (κ3) is 4.73. The number of benzene rings is 1. The molecule has 1 aliphatic rings. The van der Waals surface area contributed by atoms with Crippen molar-refractivity contribution < 1.29 is 9.84 Å². The van der Waals surface area contributed by atoms with E-state index in [0.29, 0.717) is 23.8 Å². The molecule has 1 N–H and O–H groups in total. The molecule has 2 rings (SSSR count). The Morgan fingerprint density at radius 1 is 1.33 bits per heavy atom. The van der Waals surface area contributed by atoms with Crippen LogP contribution in [0.4, 0.5) is 0 Å². The molecule has 3 atom stereocenters. The lowest BCUT2D eigenvalue weighted by Crippen LogP contribution is -2.43. The van der Waals surface area contributed by atoms with Gasteiger partial charge in [0.15, 0.2) is 0 Å². The molecule has 0 saturated carbocycles. The molecule has 114 valence electrons. The highest BCUT2D eigenvalue weighted by molar-refractivity contribution is 5.34. The summed E-state index contributed by atoms with van der Waals surface area (Å²) >= 11 is 0. The molecular weight excluding hydrogens is 264 g/mol. The van der Waals surface area contributed by atoms with Gasteiger partial charge >= 0.3 is 0 Å². The summed E-state index contributed by atoms with van der Waals surface area (Å²) in [6, 6.07) is 9.02. The molecule has 21 heavy (non-hydrogen) atoms. The maximum Gasteiger partial charge on any atom is 0.119 e. The van der Waals surface area contributed by atoms with E-state index in [4.69, 9.17) is 10.00 Å². The van der Waals surface area contributed by atoms with E-state index in [2.05, 4.69) is 24.8 Å². The van der Waals surface area contributed by atoms with Crippen LogP contribution >= 0.6 is 0 Å². The van der Waals surface area contributed by atoms with Gasteiger partial charge in [-0.3, -0.25) is 0 Å². The molecule has 0 radical (unpaired) electrons. The first-order valence-corrected chi connectivity index (χ1v) is 7.62. The van der Waals surface area contributed by atoms with E-state index >= 15 is 0 Å². The Kier molecular flexibility index (Phi) is 5.60. The van der Waals surface area contributed by atoms with Crippen LogP contribution in [0.1, 0.15) is 25.8 Å². The summed E-state index contributed by atoms with van der Waals surface area (Å²) in [5.74, 6) is 2.15. The van der Waals surface area contributed by atoms with E-state index in [1.54, 1.807) is 24.3 Å². The van der Waals surface area contributed by atoms with Crippen molar-refractivity contribution in [2.24, 2.45) is 11.8 Å². The standard InChI is InChI=1S/C17H24N2O2/c1-13-7-8-19(10-14(13)2)11-16(20)12-21-17-5-3-15(9-18)4-6-17/h3-6,13-14,16,20H,7-8,10-12H2,1-2H3. The van der Waals surface area contributed by atoms with Crippen molar-refractivity contribution in [3.63, 3.8) is 0 Å². The monoisotopic (exact) mass is 288 g/mol. The van der Waals surface area contributed by atoms with Crippen LogP contribution in [0, 0.1) is 23.2 Å². The third-order valence-electron chi connectivity index (χ3n) is 4.31. The summed E-state index contributed by atoms with van der Waals surface area (Å²) in [7, 11) is 0. The van der Waals surface area contributed by atoms with Gasteiger partial charge in [0.05, 0.1) is 11.6 Å². The first-order valence-electron chi connectivity index (χ1n) is 7.62. The van der Waals surface area contributed by atoms with Crippen molar-refractivity contribution >= 4 is 0 Å². The van der Waals surface area contributed by atoms with Crippen LogP contribution in [-0.2, 0) is 0 Å². The van der Waals surface area contributed by atoms with Gasteiger partial charge in [0.2, 0.25) is 0 Å². The number of aliphatic hydroxyl groups excluding tert-OH is 1. The fourth-order valence-electron chi connectivity index (χ4n) is 2.68. The molecular formula is C17H24N2O2. The average molecular weight is 288 g/mol. The fraction of sp³-hybridized carbons (Fsp3) is 0.588. The zero-order chi connectivity index (χ0) is 15.2. The van der Waals surface area contributed by atoms with E-state index in [1.165, 1.54) is 6.42 Å². The Balaban J connectivity index is 1.74. The van der Waals surface area contributed by atoms with Crippen molar-refractivity contribution in [3.05, 3.63) is 29.8 Å². The van der Waals surface area contributed by atoms with Crippen LogP contribution in [0.2, 0.25) is 0 Å². The van der Waals surface area contributed by atoms with Crippen LogP contribution in [0.25, 0.3) is 0 Å². The molecule has 4 nitrogen and oxygen atoms in total. The summed E-state index contributed by atoms with van der Waals surface area (Å²) in [4.78, 5) is 2.32. The van der Waals surface area contributed by atoms with E-state index in [0.717, 1.165) is 19.0 Å². The van der Waals surface area contributed by atoms with E-state index in [-0.39, 0.29) is 6.61 Å². The Morgan fingerprint density at radius 3 is 2.67 bits per heavy atom. The Morgan fingerprint density at radius 2 is 2.05 bits per heavy atom. The van der Waals surface area contributed by atoms with Crippen molar-refractivity contribution in [3.8, 4) is 11.8 Å². The summed E-state index contributed by atoms with van der Waals surface area (Å²) in [5.41, 5.74) is 0.610. The molecule has 1 aliphatic heterocycles. The summed E-state index contributed by atoms with van der Waals surface area (Å²) in [6.45, 7) is 7.62. The SMILES string of the molecule is CC1CCN(CC(O)COc2ccc(C#N)cc2)CC1C. The molecule has 1 heterocycles. The number of hydrogen-bond acceptors (Lipinski definition) is 4. The van der Waals surface area contributed by atoms with Gasteiger partial charge in [-0.25, -0.2) is 0 Å². The van der Waals surface area contributed by atoms with Crippen molar-refractivity contribution in [2.45, 2.75) is 26.4 Å². The summed E-state index contributed by atoms with van der Waals surface area (Å²) in [5, 5.41) is 18.8. The zero-order valence-corrected chi connectivity index (χ0v) is 12.8. The Bertz CT molecular complexity index is 481. The number of piperidine rings is 1. The van der Waals surface area contributed by atoms with Gasteiger partial charge < -0.3 is 14.7 Å². The topological polar surface area (TPSA) is 56.5 Å². The van der Waals surface area contributed by atoms with Gasteiger partial charge in [0, 0.05) is 13.1 Å². The first-order chi connectivity index (χ1) is 10.1. The Hall–Kier alpha value is -1.57. The maximum absolute atomic E-state index is 10.1. The number of rotatable bonds is 5. The lowest BCUT2D eigenvalue weighted by molar-refractivity contribution is 0.0436. The molecule has 1 fully saturated rings. The lowest BCUT2D eigenvalue weighted by Gasteiger charge is -2.36. The van der Waals surface area contributed by atoms with Gasteiger partial charge in [-0.15, -0.1) is 0 Å². The Labute approximate surface area is 127 Å². The number of ether oxygens (including phenoxy) is 1. The highest BCUT2D eigenvalue weighted by atomic mass is 16.5. The van der Waals surface area contributed by atoms with Crippen LogP contribution in [0.5, 0.6) is 5.75 Å². The fourth-order valence-corrected chi connectivity index (χ4v) is 2.68. The largest absolute Gasteiger partial charge is 0.491 e. The van der Waals surface area contributed by atoms with Gasteiger partial charge in [-0.05, 0) is 49.1 Å². The molecule has 0 bridgehead atoms. The maximum atomic E-state index is 10.1. The normalized spacial score (nSPS) is 24.3. The van der Waals surface area contributed by atoms with Crippen LogP contribution < -0.4 is 4.74 Å². The number of β-amino-alcohol motifs (C(OH)–C–C–N with tert-alkyl or cyclic N) is 1. The van der Waals surface area contributed by atoms with Crippen molar-refractivity contribution in [2.75, 3.05) is 26.2 Å². The highest BCUT2D eigenvalue weighted by Gasteiger charge is 2.24. The van der Waals surface area contributed by atoms with Crippen LogP contribution in [0.15, 0.2) is 24.3 Å². The second kappa shape index (κ2) is 7.44. The summed E-state index contributed by atoms with van der Waals surface area (Å²) < 4.78 is 5.57. The van der Waals surface area contributed by atoms with Crippen molar-refractivity contribution in [1.82, 2.24) is 4.90 Å². The molecule has 1 aromatic rings. The molecule has 0 aliphatic carbocycles. The molecule has 3 unspecified atom stereocenters. The quantitative estimate of drug-likeness (QED) is 0.903. The van der Waals surface area contributed by atoms with E-state index in [1.807, 2.05) is 0 Å². The first kappa shape index (κ1) is 15.8. The van der Waals surface area contributed by atoms with Crippen LogP contribution in [0.3, 0.4) is 0 Å². The predicted molar refractivity (Wildman–Crippen MR) is 82.0 cm³/mol. The second-order valence-corrected chi connectivity index (χ2v) is 6.10. The van der Waals surface area contributed by atoms with Gasteiger partial charge in [-0.1, -0.05) is 13.8 Å². The molecule has 0 spiro atoms. The number of likely N-dealkylation sites (tertiary alicyclic amines) is 1. The molecule has 0 aromatic heterocycles. The zero-order valence-electron chi connectivity index (χ0n) is 12.8. The van der Waals surface area contributed by atoms with Crippen molar-refractivity contribution in [1.29, 1.82) is 5.26 Å². The van der Waals surface area contributed by atoms with Gasteiger partial charge in [-0.2, -0.15) is 5.26 Å². The van der Waals surface area contributed by atoms with E-state index < -0.39 is 6.10 Å². The third-order valence-corrected chi connectivity index (χ3v) is 4.31. The number of aliphatic hydroxyl groups is 1.